The minimum absolute atomic E-state index is 0.0300. The molecular weight excluding hydrogens is 512 g/mol. The van der Waals surface area contributed by atoms with Crippen molar-refractivity contribution in [1.29, 1.82) is 0 Å². The second-order valence-corrected chi connectivity index (χ2v) is 8.44. The van der Waals surface area contributed by atoms with E-state index in [-0.39, 0.29) is 30.8 Å². The number of esters is 1. The number of benzene rings is 3. The van der Waals surface area contributed by atoms with Crippen LogP contribution in [0.1, 0.15) is 22.8 Å². The largest absolute Gasteiger partial charge is 0.464 e. The maximum absolute atomic E-state index is 13.1. The highest BCUT2D eigenvalue weighted by molar-refractivity contribution is 6.33. The Morgan fingerprint density at radius 1 is 0.737 bits per heavy atom. The number of rotatable bonds is 17. The molecular formula is C29H33ClO8. The zero-order valence-corrected chi connectivity index (χ0v) is 22.4. The van der Waals surface area contributed by atoms with Crippen LogP contribution in [0.4, 0.5) is 0 Å². The summed E-state index contributed by atoms with van der Waals surface area (Å²) in [5.74, 6) is 0.155. The third-order valence-corrected chi connectivity index (χ3v) is 5.79. The Kier molecular flexibility index (Phi) is 12.9. The van der Waals surface area contributed by atoms with Crippen LogP contribution in [0.2, 0.25) is 5.02 Å². The molecule has 0 radical (unpaired) electrons. The molecule has 0 aliphatic heterocycles. The molecule has 3 aromatic carbocycles. The molecule has 0 amide bonds. The van der Waals surface area contributed by atoms with E-state index >= 15 is 0 Å². The van der Waals surface area contributed by atoms with Gasteiger partial charge in [0.1, 0.15) is 0 Å². The molecule has 0 aromatic heterocycles. The molecule has 0 aliphatic carbocycles. The van der Waals surface area contributed by atoms with E-state index in [9.17, 15) is 4.79 Å². The first-order valence-electron chi connectivity index (χ1n) is 12.1. The number of halogens is 1. The second kappa shape index (κ2) is 16.7. The number of hydrogen-bond donors (Lipinski definition) is 0. The lowest BCUT2D eigenvalue weighted by atomic mass is 10.0. The molecule has 204 valence electrons. The molecule has 38 heavy (non-hydrogen) atoms. The minimum Gasteiger partial charge on any atom is -0.464 e. The van der Waals surface area contributed by atoms with Gasteiger partial charge < -0.3 is 33.2 Å². The van der Waals surface area contributed by atoms with E-state index < -0.39 is 12.1 Å². The lowest BCUT2D eigenvalue weighted by Crippen LogP contribution is -2.15. The van der Waals surface area contributed by atoms with Crippen LogP contribution >= 0.6 is 11.6 Å². The minimum atomic E-state index is -0.555. The van der Waals surface area contributed by atoms with Gasteiger partial charge in [0.15, 0.2) is 31.2 Å². The highest BCUT2D eigenvalue weighted by Crippen LogP contribution is 2.38. The Bertz CT molecular complexity index is 1050. The maximum Gasteiger partial charge on any atom is 0.311 e. The van der Waals surface area contributed by atoms with E-state index in [1.165, 1.54) is 0 Å². The van der Waals surface area contributed by atoms with Crippen molar-refractivity contribution in [2.45, 2.75) is 12.5 Å². The number of methoxy groups -OCH3 is 2. The molecule has 0 fully saturated rings. The lowest BCUT2D eigenvalue weighted by molar-refractivity contribution is -0.146. The number of hydrogen-bond acceptors (Lipinski definition) is 8. The summed E-state index contributed by atoms with van der Waals surface area (Å²) < 4.78 is 38.1. The first-order valence-corrected chi connectivity index (χ1v) is 12.5. The van der Waals surface area contributed by atoms with Crippen LogP contribution in [0.3, 0.4) is 0 Å². The molecule has 0 aliphatic rings. The van der Waals surface area contributed by atoms with Crippen LogP contribution in [0, 0.1) is 0 Å². The normalized spacial score (nSPS) is 10.9. The molecule has 8 nitrogen and oxygen atoms in total. The lowest BCUT2D eigenvalue weighted by Gasteiger charge is -2.20. The van der Waals surface area contributed by atoms with Gasteiger partial charge in [-0.05, 0) is 22.8 Å². The molecule has 0 bridgehead atoms. The maximum atomic E-state index is 13.1. The SMILES string of the molecule is COCCOCOc1ccc(CC(=O)OC(c2ccccc2)c2ccccc2)c(Cl)c1OCOCCOC. The molecule has 0 N–H and O–H groups in total. The Labute approximate surface area is 228 Å². The average Bonchev–Trinajstić information content (AvgIpc) is 2.95. The summed E-state index contributed by atoms with van der Waals surface area (Å²) in [6.07, 6.45) is -0.624. The second-order valence-electron chi connectivity index (χ2n) is 8.06. The Balaban J connectivity index is 1.74. The van der Waals surface area contributed by atoms with Crippen molar-refractivity contribution in [1.82, 2.24) is 0 Å². The zero-order valence-electron chi connectivity index (χ0n) is 21.6. The predicted octanol–water partition coefficient (Wildman–Crippen LogP) is 5.21. The van der Waals surface area contributed by atoms with Crippen molar-refractivity contribution in [2.24, 2.45) is 0 Å². The summed E-state index contributed by atoms with van der Waals surface area (Å²) in [6.45, 7) is 1.46. The van der Waals surface area contributed by atoms with Crippen molar-refractivity contribution >= 4 is 17.6 Å². The third kappa shape index (κ3) is 9.31. The molecule has 0 unspecified atom stereocenters. The third-order valence-electron chi connectivity index (χ3n) is 5.38. The van der Waals surface area contributed by atoms with Crippen molar-refractivity contribution in [3.8, 4) is 11.5 Å². The van der Waals surface area contributed by atoms with Crippen LogP contribution in [0.5, 0.6) is 11.5 Å². The van der Waals surface area contributed by atoms with Gasteiger partial charge in [-0.25, -0.2) is 0 Å². The Hall–Kier alpha value is -3.14. The molecule has 0 atom stereocenters. The van der Waals surface area contributed by atoms with Gasteiger partial charge in [0.25, 0.3) is 0 Å². The average molecular weight is 545 g/mol. The fraction of sp³-hybridized carbons (Fsp3) is 0.345. The quantitative estimate of drug-likeness (QED) is 0.130. The summed E-state index contributed by atoms with van der Waals surface area (Å²) >= 11 is 6.68. The van der Waals surface area contributed by atoms with Crippen molar-refractivity contribution in [2.75, 3.05) is 54.2 Å². The predicted molar refractivity (Wildman–Crippen MR) is 143 cm³/mol. The van der Waals surface area contributed by atoms with Gasteiger partial charge in [-0.15, -0.1) is 0 Å². The van der Waals surface area contributed by atoms with Crippen LogP contribution in [0.15, 0.2) is 72.8 Å². The van der Waals surface area contributed by atoms with Crippen molar-refractivity contribution < 1.29 is 38.0 Å². The van der Waals surface area contributed by atoms with E-state index in [2.05, 4.69) is 0 Å². The smallest absolute Gasteiger partial charge is 0.311 e. The van der Waals surface area contributed by atoms with Crippen LogP contribution in [-0.4, -0.2) is 60.2 Å². The summed E-state index contributed by atoms with van der Waals surface area (Å²) in [5.41, 5.74) is 2.26. The number of carbonyl (C=O) groups excluding carboxylic acids is 1. The zero-order chi connectivity index (χ0) is 27.0. The summed E-state index contributed by atoms with van der Waals surface area (Å²) in [4.78, 5) is 13.1. The van der Waals surface area contributed by atoms with E-state index in [4.69, 9.17) is 44.8 Å². The monoisotopic (exact) mass is 544 g/mol. The molecule has 3 aromatic rings. The highest BCUT2D eigenvalue weighted by atomic mass is 35.5. The van der Waals surface area contributed by atoms with E-state index in [1.54, 1.807) is 26.4 Å². The number of carbonyl (C=O) groups is 1. The fourth-order valence-electron chi connectivity index (χ4n) is 3.48. The first kappa shape index (κ1) is 29.4. The topological polar surface area (TPSA) is 81.7 Å². The van der Waals surface area contributed by atoms with E-state index in [0.29, 0.717) is 37.7 Å². The van der Waals surface area contributed by atoms with Gasteiger partial charge in [0.05, 0.1) is 37.9 Å². The van der Waals surface area contributed by atoms with E-state index in [0.717, 1.165) is 11.1 Å². The Morgan fingerprint density at radius 2 is 1.29 bits per heavy atom. The number of ether oxygens (including phenoxy) is 7. The van der Waals surface area contributed by atoms with Gasteiger partial charge in [-0.3, -0.25) is 4.79 Å². The molecule has 0 saturated heterocycles. The van der Waals surface area contributed by atoms with Gasteiger partial charge in [0.2, 0.25) is 0 Å². The summed E-state index contributed by atoms with van der Waals surface area (Å²) in [5, 5.41) is 0.225. The molecule has 0 spiro atoms. The Morgan fingerprint density at radius 3 is 1.84 bits per heavy atom. The van der Waals surface area contributed by atoms with E-state index in [1.807, 2.05) is 60.7 Å². The van der Waals surface area contributed by atoms with Gasteiger partial charge >= 0.3 is 5.97 Å². The van der Waals surface area contributed by atoms with Gasteiger partial charge in [-0.2, -0.15) is 0 Å². The van der Waals surface area contributed by atoms with Crippen LogP contribution in [0.25, 0.3) is 0 Å². The standard InChI is InChI=1S/C29H33ClO8/c1-32-15-17-34-20-36-25-14-13-24(27(30)29(25)37-21-35-18-16-33-2)19-26(31)38-28(22-9-5-3-6-10-22)23-11-7-4-8-12-23/h3-14,28H,15-21H2,1-2H3. The highest BCUT2D eigenvalue weighted by Gasteiger charge is 2.22. The summed E-state index contributed by atoms with van der Waals surface area (Å²) in [7, 11) is 3.17. The molecule has 0 heterocycles. The van der Waals surface area contributed by atoms with Crippen LogP contribution in [-0.2, 0) is 34.9 Å². The van der Waals surface area contributed by atoms with Gasteiger partial charge in [-0.1, -0.05) is 78.3 Å². The first-order chi connectivity index (χ1) is 18.6. The molecule has 9 heteroatoms. The fourth-order valence-corrected chi connectivity index (χ4v) is 3.76. The summed E-state index contributed by atoms with van der Waals surface area (Å²) in [6, 6.07) is 22.5. The van der Waals surface area contributed by atoms with Crippen molar-refractivity contribution in [3.63, 3.8) is 0 Å². The van der Waals surface area contributed by atoms with Crippen LogP contribution < -0.4 is 9.47 Å². The van der Waals surface area contributed by atoms with Crippen molar-refractivity contribution in [3.05, 3.63) is 94.5 Å². The molecule has 0 saturated carbocycles. The van der Waals surface area contributed by atoms with Gasteiger partial charge in [0, 0.05) is 14.2 Å². The molecule has 3 rings (SSSR count).